The van der Waals surface area contributed by atoms with Crippen molar-refractivity contribution in [2.45, 2.75) is 32.9 Å². The predicted octanol–water partition coefficient (Wildman–Crippen LogP) is 1.36. The van der Waals surface area contributed by atoms with E-state index in [1.54, 1.807) is 12.4 Å². The number of nitrogens with zero attached hydrogens (tertiary/aromatic N) is 4. The molecular weight excluding hydrogens is 232 g/mol. The minimum Gasteiger partial charge on any atom is -0.465 e. The van der Waals surface area contributed by atoms with Crippen molar-refractivity contribution in [2.75, 3.05) is 18.0 Å². The molecule has 2 heterocycles. The second-order valence-corrected chi connectivity index (χ2v) is 4.85. The first-order valence-corrected chi connectivity index (χ1v) is 6.04. The third-order valence-corrected chi connectivity index (χ3v) is 3.26. The minimum atomic E-state index is -0.862. The molecule has 2 rings (SSSR count). The third-order valence-electron chi connectivity index (χ3n) is 3.26. The van der Waals surface area contributed by atoms with Crippen LogP contribution in [-0.2, 0) is 0 Å². The summed E-state index contributed by atoms with van der Waals surface area (Å²) in [6.45, 7) is 6.94. The Labute approximate surface area is 106 Å². The van der Waals surface area contributed by atoms with Crippen molar-refractivity contribution >= 4 is 12.0 Å². The fourth-order valence-corrected chi connectivity index (χ4v) is 2.21. The highest BCUT2D eigenvalue weighted by Gasteiger charge is 2.32. The van der Waals surface area contributed by atoms with E-state index in [-0.39, 0.29) is 12.1 Å². The largest absolute Gasteiger partial charge is 0.465 e. The Morgan fingerprint density at radius 2 is 1.89 bits per heavy atom. The zero-order valence-corrected chi connectivity index (χ0v) is 10.9. The minimum absolute atomic E-state index is 0.0522. The van der Waals surface area contributed by atoms with E-state index < -0.39 is 6.09 Å². The number of hydrogen-bond acceptors (Lipinski definition) is 4. The lowest BCUT2D eigenvalue weighted by molar-refractivity contribution is 0.114. The molecule has 1 saturated heterocycles. The first-order valence-electron chi connectivity index (χ1n) is 6.04. The number of hydrogen-bond donors (Lipinski definition) is 1. The fraction of sp³-hybridized carbons (Fsp3) is 0.583. The summed E-state index contributed by atoms with van der Waals surface area (Å²) in [4.78, 5) is 23.2. The second kappa shape index (κ2) is 4.80. The molecule has 1 N–H and O–H groups in total. The summed E-state index contributed by atoms with van der Waals surface area (Å²) in [6, 6.07) is 0.0311. The van der Waals surface area contributed by atoms with E-state index in [9.17, 15) is 4.79 Å². The number of amides is 1. The van der Waals surface area contributed by atoms with Crippen LogP contribution in [-0.4, -0.2) is 51.2 Å². The molecule has 98 valence electrons. The van der Waals surface area contributed by atoms with E-state index in [0.717, 1.165) is 5.56 Å². The number of carbonyl (C=O) groups is 1. The van der Waals surface area contributed by atoms with E-state index in [4.69, 9.17) is 5.11 Å². The summed E-state index contributed by atoms with van der Waals surface area (Å²) >= 11 is 0. The van der Waals surface area contributed by atoms with Crippen molar-refractivity contribution in [3.63, 3.8) is 0 Å². The van der Waals surface area contributed by atoms with Crippen LogP contribution in [0, 0.1) is 6.92 Å². The van der Waals surface area contributed by atoms with Gasteiger partial charge in [-0.3, -0.25) is 0 Å². The highest BCUT2D eigenvalue weighted by Crippen LogP contribution is 2.19. The molecule has 0 aromatic carbocycles. The standard InChI is InChI=1S/C12H18N4O2/c1-8-4-13-11(14-5-8)15-6-10(3)16(12(17)18)7-9(15)2/h4-5,9-10H,6-7H2,1-3H3,(H,17,18)/t9-,10-/m1/s1. The van der Waals surface area contributed by atoms with Crippen LogP contribution in [0.25, 0.3) is 0 Å². The molecule has 1 aromatic heterocycles. The summed E-state index contributed by atoms with van der Waals surface area (Å²) in [7, 11) is 0. The lowest BCUT2D eigenvalue weighted by Gasteiger charge is -2.42. The summed E-state index contributed by atoms with van der Waals surface area (Å²) in [6.07, 6.45) is 2.70. The molecule has 1 amide bonds. The Bertz CT molecular complexity index is 434. The molecule has 6 nitrogen and oxygen atoms in total. The van der Waals surface area contributed by atoms with Gasteiger partial charge in [0.1, 0.15) is 0 Å². The van der Waals surface area contributed by atoms with Gasteiger partial charge in [-0.25, -0.2) is 14.8 Å². The van der Waals surface area contributed by atoms with Crippen LogP contribution in [0.15, 0.2) is 12.4 Å². The van der Waals surface area contributed by atoms with Crippen molar-refractivity contribution in [3.8, 4) is 0 Å². The number of aryl methyl sites for hydroxylation is 1. The van der Waals surface area contributed by atoms with Crippen molar-refractivity contribution in [1.82, 2.24) is 14.9 Å². The maximum absolute atomic E-state index is 11.1. The molecule has 0 saturated carbocycles. The SMILES string of the molecule is Cc1cnc(N2C[C@@H](C)N(C(=O)O)C[C@H]2C)nc1. The fourth-order valence-electron chi connectivity index (χ4n) is 2.21. The monoisotopic (exact) mass is 250 g/mol. The average Bonchev–Trinajstić information content (AvgIpc) is 2.32. The lowest BCUT2D eigenvalue weighted by Crippen LogP contribution is -2.58. The highest BCUT2D eigenvalue weighted by molar-refractivity contribution is 5.66. The Kier molecular flexibility index (Phi) is 3.36. The summed E-state index contributed by atoms with van der Waals surface area (Å²) in [5.74, 6) is 0.671. The maximum Gasteiger partial charge on any atom is 0.407 e. The molecular formula is C12H18N4O2. The quantitative estimate of drug-likeness (QED) is 0.815. The van der Waals surface area contributed by atoms with Gasteiger partial charge < -0.3 is 14.9 Å². The number of rotatable bonds is 1. The van der Waals surface area contributed by atoms with Crippen LogP contribution in [0.5, 0.6) is 0 Å². The Morgan fingerprint density at radius 3 is 2.44 bits per heavy atom. The molecule has 2 atom stereocenters. The Morgan fingerprint density at radius 1 is 1.28 bits per heavy atom. The van der Waals surface area contributed by atoms with Gasteiger partial charge in [0.05, 0.1) is 0 Å². The van der Waals surface area contributed by atoms with E-state index >= 15 is 0 Å². The highest BCUT2D eigenvalue weighted by atomic mass is 16.4. The van der Waals surface area contributed by atoms with E-state index in [0.29, 0.717) is 19.0 Å². The van der Waals surface area contributed by atoms with Gasteiger partial charge in [0.15, 0.2) is 0 Å². The number of piperazine rings is 1. The first kappa shape index (κ1) is 12.6. The van der Waals surface area contributed by atoms with Gasteiger partial charge in [-0.2, -0.15) is 0 Å². The van der Waals surface area contributed by atoms with Gasteiger partial charge >= 0.3 is 6.09 Å². The summed E-state index contributed by atoms with van der Waals surface area (Å²) < 4.78 is 0. The molecule has 0 bridgehead atoms. The summed E-state index contributed by atoms with van der Waals surface area (Å²) in [5.41, 5.74) is 1.02. The zero-order valence-electron chi connectivity index (χ0n) is 10.9. The van der Waals surface area contributed by atoms with Crippen molar-refractivity contribution in [1.29, 1.82) is 0 Å². The van der Waals surface area contributed by atoms with Crippen LogP contribution in [0.3, 0.4) is 0 Å². The average molecular weight is 250 g/mol. The van der Waals surface area contributed by atoms with E-state index in [1.807, 2.05) is 20.8 Å². The normalized spacial score (nSPS) is 24.2. The molecule has 1 fully saturated rings. The zero-order chi connectivity index (χ0) is 13.3. The molecule has 18 heavy (non-hydrogen) atoms. The van der Waals surface area contributed by atoms with Gasteiger partial charge in [-0.1, -0.05) is 0 Å². The molecule has 1 aliphatic rings. The van der Waals surface area contributed by atoms with Crippen LogP contribution < -0.4 is 4.90 Å². The molecule has 1 aliphatic heterocycles. The molecule has 0 spiro atoms. The summed E-state index contributed by atoms with van der Waals surface area (Å²) in [5, 5.41) is 9.10. The molecule has 0 unspecified atom stereocenters. The van der Waals surface area contributed by atoms with Crippen LogP contribution in [0.1, 0.15) is 19.4 Å². The maximum atomic E-state index is 11.1. The topological polar surface area (TPSA) is 69.6 Å². The van der Waals surface area contributed by atoms with E-state index in [1.165, 1.54) is 4.90 Å². The molecule has 6 heteroatoms. The number of anilines is 1. The number of aromatic nitrogens is 2. The molecule has 0 radical (unpaired) electrons. The van der Waals surface area contributed by atoms with Gasteiger partial charge in [-0.15, -0.1) is 0 Å². The number of carboxylic acid groups (broad SMARTS) is 1. The van der Waals surface area contributed by atoms with Crippen molar-refractivity contribution < 1.29 is 9.90 Å². The van der Waals surface area contributed by atoms with Gasteiger partial charge in [0.25, 0.3) is 0 Å². The first-order chi connectivity index (χ1) is 8.49. The van der Waals surface area contributed by atoms with Crippen LogP contribution >= 0.6 is 0 Å². The van der Waals surface area contributed by atoms with Crippen molar-refractivity contribution in [2.24, 2.45) is 0 Å². The van der Waals surface area contributed by atoms with Gasteiger partial charge in [0.2, 0.25) is 5.95 Å². The smallest absolute Gasteiger partial charge is 0.407 e. The predicted molar refractivity (Wildman–Crippen MR) is 67.8 cm³/mol. The van der Waals surface area contributed by atoms with Gasteiger partial charge in [0, 0.05) is 37.6 Å². The van der Waals surface area contributed by atoms with Crippen LogP contribution in [0.2, 0.25) is 0 Å². The van der Waals surface area contributed by atoms with Crippen molar-refractivity contribution in [3.05, 3.63) is 18.0 Å². The molecule has 1 aromatic rings. The van der Waals surface area contributed by atoms with E-state index in [2.05, 4.69) is 14.9 Å². The third kappa shape index (κ3) is 2.37. The Hall–Kier alpha value is -1.85. The Balaban J connectivity index is 2.16. The van der Waals surface area contributed by atoms with Crippen LogP contribution in [0.4, 0.5) is 10.7 Å². The lowest BCUT2D eigenvalue weighted by atomic mass is 10.1. The second-order valence-electron chi connectivity index (χ2n) is 4.85. The van der Waals surface area contributed by atoms with Gasteiger partial charge in [-0.05, 0) is 26.3 Å². The molecule has 0 aliphatic carbocycles.